The van der Waals surface area contributed by atoms with E-state index in [2.05, 4.69) is 5.32 Å². The Morgan fingerprint density at radius 2 is 1.90 bits per heavy atom. The molecule has 0 saturated carbocycles. The first-order valence-electron chi connectivity index (χ1n) is 5.84. The maximum absolute atomic E-state index is 11.9. The molecule has 0 heterocycles. The van der Waals surface area contributed by atoms with Crippen LogP contribution < -0.4 is 5.32 Å². The van der Waals surface area contributed by atoms with E-state index in [1.807, 2.05) is 30.3 Å². The molecule has 1 amide bonds. The van der Waals surface area contributed by atoms with Crippen molar-refractivity contribution in [2.75, 3.05) is 5.32 Å². The number of hydrogen-bond acceptors (Lipinski definition) is 3. The van der Waals surface area contributed by atoms with Crippen LogP contribution in [0.1, 0.15) is 5.56 Å². The van der Waals surface area contributed by atoms with Crippen molar-refractivity contribution >= 4 is 28.9 Å². The number of halogens is 1. The summed E-state index contributed by atoms with van der Waals surface area (Å²) in [6.07, 6.45) is 0.153. The molecule has 0 aliphatic carbocycles. The van der Waals surface area contributed by atoms with Crippen LogP contribution in [0.5, 0.6) is 0 Å². The normalized spacial score (nSPS) is 10.1. The third kappa shape index (κ3) is 3.55. The number of amides is 1. The lowest BCUT2D eigenvalue weighted by Crippen LogP contribution is -2.15. The number of nitro benzene ring substituents is 1. The lowest BCUT2D eigenvalue weighted by atomic mass is 10.1. The number of hydrogen-bond donors (Lipinski definition) is 1. The van der Waals surface area contributed by atoms with Crippen LogP contribution in [0.25, 0.3) is 0 Å². The second-order valence-corrected chi connectivity index (χ2v) is 4.57. The second kappa shape index (κ2) is 6.16. The van der Waals surface area contributed by atoms with E-state index in [-0.39, 0.29) is 28.7 Å². The molecule has 0 unspecified atom stereocenters. The van der Waals surface area contributed by atoms with Crippen molar-refractivity contribution < 1.29 is 9.72 Å². The van der Waals surface area contributed by atoms with Crippen LogP contribution in [-0.2, 0) is 11.2 Å². The molecule has 1 N–H and O–H groups in total. The molecular formula is C14H11ClN2O3. The molecule has 0 aliphatic rings. The van der Waals surface area contributed by atoms with E-state index in [1.54, 1.807) is 0 Å². The molecule has 6 heteroatoms. The van der Waals surface area contributed by atoms with Crippen molar-refractivity contribution in [3.8, 4) is 0 Å². The summed E-state index contributed by atoms with van der Waals surface area (Å²) < 4.78 is 0. The zero-order chi connectivity index (χ0) is 14.5. The molecule has 0 fully saturated rings. The Bertz CT molecular complexity index is 644. The fourth-order valence-electron chi connectivity index (χ4n) is 1.74. The van der Waals surface area contributed by atoms with E-state index >= 15 is 0 Å². The van der Waals surface area contributed by atoms with Gasteiger partial charge >= 0.3 is 0 Å². The number of carbonyl (C=O) groups is 1. The standard InChI is InChI=1S/C14H11ClN2O3/c15-11-6-7-12(13(9-11)17(19)20)16-14(18)8-10-4-2-1-3-5-10/h1-7,9H,8H2,(H,16,18). The van der Waals surface area contributed by atoms with Gasteiger partial charge in [0, 0.05) is 11.1 Å². The fourth-order valence-corrected chi connectivity index (χ4v) is 1.90. The molecule has 5 nitrogen and oxygen atoms in total. The van der Waals surface area contributed by atoms with Gasteiger partial charge in [0.15, 0.2) is 0 Å². The summed E-state index contributed by atoms with van der Waals surface area (Å²) >= 11 is 5.71. The highest BCUT2D eigenvalue weighted by atomic mass is 35.5. The van der Waals surface area contributed by atoms with Gasteiger partial charge in [-0.2, -0.15) is 0 Å². The van der Waals surface area contributed by atoms with Gasteiger partial charge in [-0.3, -0.25) is 14.9 Å². The van der Waals surface area contributed by atoms with E-state index in [1.165, 1.54) is 18.2 Å². The Labute approximate surface area is 120 Å². The number of benzene rings is 2. The lowest BCUT2D eigenvalue weighted by molar-refractivity contribution is -0.383. The van der Waals surface area contributed by atoms with Gasteiger partial charge in [0.25, 0.3) is 5.69 Å². The largest absolute Gasteiger partial charge is 0.320 e. The van der Waals surface area contributed by atoms with Gasteiger partial charge in [0.05, 0.1) is 11.3 Å². The van der Waals surface area contributed by atoms with Crippen molar-refractivity contribution in [2.45, 2.75) is 6.42 Å². The van der Waals surface area contributed by atoms with Crippen LogP contribution in [0.2, 0.25) is 5.02 Å². The number of nitro groups is 1. The maximum Gasteiger partial charge on any atom is 0.294 e. The molecule has 0 bridgehead atoms. The fraction of sp³-hybridized carbons (Fsp3) is 0.0714. The Balaban J connectivity index is 2.14. The van der Waals surface area contributed by atoms with Crippen LogP contribution in [0.15, 0.2) is 48.5 Å². The number of carbonyl (C=O) groups excluding carboxylic acids is 1. The van der Waals surface area contributed by atoms with E-state index in [9.17, 15) is 14.9 Å². The Morgan fingerprint density at radius 3 is 2.55 bits per heavy atom. The first-order chi connectivity index (χ1) is 9.56. The number of anilines is 1. The van der Waals surface area contributed by atoms with Gasteiger partial charge in [-0.25, -0.2) is 0 Å². The van der Waals surface area contributed by atoms with Gasteiger partial charge in [-0.05, 0) is 17.7 Å². The van der Waals surface area contributed by atoms with Crippen molar-refractivity contribution in [3.05, 3.63) is 69.2 Å². The molecule has 0 spiro atoms. The van der Waals surface area contributed by atoms with E-state index in [0.717, 1.165) is 5.56 Å². The smallest absolute Gasteiger partial charge is 0.294 e. The van der Waals surface area contributed by atoms with Crippen molar-refractivity contribution in [3.63, 3.8) is 0 Å². The van der Waals surface area contributed by atoms with E-state index in [4.69, 9.17) is 11.6 Å². The quantitative estimate of drug-likeness (QED) is 0.692. The van der Waals surface area contributed by atoms with Gasteiger partial charge in [-0.15, -0.1) is 0 Å². The van der Waals surface area contributed by atoms with Crippen molar-refractivity contribution in [2.24, 2.45) is 0 Å². The minimum absolute atomic E-state index is 0.139. The summed E-state index contributed by atoms with van der Waals surface area (Å²) in [7, 11) is 0. The Kier molecular flexibility index (Phi) is 4.32. The summed E-state index contributed by atoms with van der Waals surface area (Å²) in [4.78, 5) is 22.2. The van der Waals surface area contributed by atoms with Crippen LogP contribution in [0.3, 0.4) is 0 Å². The molecule has 2 aromatic carbocycles. The SMILES string of the molecule is O=C(Cc1ccccc1)Nc1ccc(Cl)cc1[N+](=O)[O-]. The van der Waals surface area contributed by atoms with Gasteiger partial charge in [0.2, 0.25) is 5.91 Å². The molecule has 0 radical (unpaired) electrons. The van der Waals surface area contributed by atoms with Crippen LogP contribution >= 0.6 is 11.6 Å². The summed E-state index contributed by atoms with van der Waals surface area (Å²) in [6.45, 7) is 0. The first kappa shape index (κ1) is 14.0. The van der Waals surface area contributed by atoms with Crippen LogP contribution in [0, 0.1) is 10.1 Å². The molecule has 0 saturated heterocycles. The average Bonchev–Trinajstić information content (AvgIpc) is 2.41. The van der Waals surface area contributed by atoms with Crippen LogP contribution in [-0.4, -0.2) is 10.8 Å². The predicted octanol–water partition coefficient (Wildman–Crippen LogP) is 3.43. The number of nitrogens with zero attached hydrogens (tertiary/aromatic N) is 1. The first-order valence-corrected chi connectivity index (χ1v) is 6.22. The predicted molar refractivity (Wildman–Crippen MR) is 76.9 cm³/mol. The maximum atomic E-state index is 11.9. The third-order valence-corrected chi connectivity index (χ3v) is 2.87. The zero-order valence-electron chi connectivity index (χ0n) is 10.4. The minimum Gasteiger partial charge on any atom is -0.320 e. The summed E-state index contributed by atoms with van der Waals surface area (Å²) in [5.41, 5.74) is 0.751. The van der Waals surface area contributed by atoms with Gasteiger partial charge < -0.3 is 5.32 Å². The van der Waals surface area contributed by atoms with Crippen molar-refractivity contribution in [1.29, 1.82) is 0 Å². The van der Waals surface area contributed by atoms with E-state index < -0.39 is 4.92 Å². The average molecular weight is 291 g/mol. The van der Waals surface area contributed by atoms with Gasteiger partial charge in [-0.1, -0.05) is 41.9 Å². The highest BCUT2D eigenvalue weighted by Gasteiger charge is 2.16. The Hall–Kier alpha value is -2.40. The number of rotatable bonds is 4. The molecule has 20 heavy (non-hydrogen) atoms. The molecule has 0 aliphatic heterocycles. The highest BCUT2D eigenvalue weighted by Crippen LogP contribution is 2.27. The molecule has 102 valence electrons. The second-order valence-electron chi connectivity index (χ2n) is 4.13. The molecule has 2 rings (SSSR count). The molecule has 0 aromatic heterocycles. The third-order valence-electron chi connectivity index (χ3n) is 2.64. The topological polar surface area (TPSA) is 72.2 Å². The van der Waals surface area contributed by atoms with Crippen molar-refractivity contribution in [1.82, 2.24) is 0 Å². The molecule has 2 aromatic rings. The molecular weight excluding hydrogens is 280 g/mol. The summed E-state index contributed by atoms with van der Waals surface area (Å²) in [5, 5.41) is 13.7. The monoisotopic (exact) mass is 290 g/mol. The van der Waals surface area contributed by atoms with Crippen LogP contribution in [0.4, 0.5) is 11.4 Å². The highest BCUT2D eigenvalue weighted by molar-refractivity contribution is 6.31. The zero-order valence-corrected chi connectivity index (χ0v) is 11.1. The summed E-state index contributed by atoms with van der Waals surface area (Å²) in [5.74, 6) is -0.318. The van der Waals surface area contributed by atoms with Gasteiger partial charge in [0.1, 0.15) is 5.69 Å². The minimum atomic E-state index is -0.579. The number of nitrogens with one attached hydrogen (secondary N) is 1. The molecule has 0 atom stereocenters. The lowest BCUT2D eigenvalue weighted by Gasteiger charge is -2.06. The summed E-state index contributed by atoms with van der Waals surface area (Å²) in [6, 6.07) is 13.3. The Morgan fingerprint density at radius 1 is 1.20 bits per heavy atom. The van der Waals surface area contributed by atoms with E-state index in [0.29, 0.717) is 0 Å².